The zero-order valence-electron chi connectivity index (χ0n) is 14.7. The van der Waals surface area contributed by atoms with Crippen LogP contribution in [0.15, 0.2) is 30.3 Å². The summed E-state index contributed by atoms with van der Waals surface area (Å²) in [4.78, 5) is 22.8. The van der Waals surface area contributed by atoms with E-state index in [0.717, 1.165) is 17.7 Å². The lowest BCUT2D eigenvalue weighted by Gasteiger charge is -2.11. The van der Waals surface area contributed by atoms with Gasteiger partial charge in [-0.15, -0.1) is 0 Å². The number of nitrogens with zero attached hydrogens (tertiary/aromatic N) is 2. The number of amides is 2. The number of benzene rings is 1. The Morgan fingerprint density at radius 1 is 1.28 bits per heavy atom. The number of aryl methyl sites for hydroxylation is 2. The Bertz CT molecular complexity index is 755. The molecule has 2 amide bonds. The van der Waals surface area contributed by atoms with Gasteiger partial charge in [0.15, 0.2) is 5.82 Å². The fourth-order valence-corrected chi connectivity index (χ4v) is 2.50. The van der Waals surface area contributed by atoms with Crippen molar-refractivity contribution in [1.29, 1.82) is 0 Å². The standard InChI is InChI=1S/C18H24N4O3/c1-4-12(2)22-13(3)10-16(21-22)20-18(25)19-15-7-5-6-14(11-15)8-9-17(23)24/h5-7,10-12H,4,8-9H2,1-3H3,(H,23,24)(H2,19,20,21,25). The summed E-state index contributed by atoms with van der Waals surface area (Å²) in [6.45, 7) is 6.11. The van der Waals surface area contributed by atoms with Gasteiger partial charge in [-0.1, -0.05) is 19.1 Å². The van der Waals surface area contributed by atoms with E-state index in [0.29, 0.717) is 17.9 Å². The van der Waals surface area contributed by atoms with Crippen LogP contribution in [0.5, 0.6) is 0 Å². The normalized spacial score (nSPS) is 11.8. The van der Waals surface area contributed by atoms with E-state index < -0.39 is 5.97 Å². The van der Waals surface area contributed by atoms with Crippen LogP contribution in [0.2, 0.25) is 0 Å². The number of urea groups is 1. The molecule has 0 radical (unpaired) electrons. The fraction of sp³-hybridized carbons (Fsp3) is 0.389. The Labute approximate surface area is 147 Å². The molecule has 134 valence electrons. The van der Waals surface area contributed by atoms with Crippen LogP contribution in [0.1, 0.15) is 44.0 Å². The molecule has 1 aromatic carbocycles. The van der Waals surface area contributed by atoms with Crippen LogP contribution in [0.4, 0.5) is 16.3 Å². The highest BCUT2D eigenvalue weighted by Crippen LogP contribution is 2.17. The zero-order chi connectivity index (χ0) is 18.4. The number of rotatable bonds is 7. The number of anilines is 2. The van der Waals surface area contributed by atoms with Crippen molar-refractivity contribution in [2.24, 2.45) is 0 Å². The summed E-state index contributed by atoms with van der Waals surface area (Å²) >= 11 is 0. The van der Waals surface area contributed by atoms with E-state index >= 15 is 0 Å². The van der Waals surface area contributed by atoms with Gasteiger partial charge in [-0.25, -0.2) is 4.79 Å². The average molecular weight is 344 g/mol. The summed E-state index contributed by atoms with van der Waals surface area (Å²) in [7, 11) is 0. The van der Waals surface area contributed by atoms with Gasteiger partial charge in [-0.3, -0.25) is 14.8 Å². The van der Waals surface area contributed by atoms with Gasteiger partial charge in [0, 0.05) is 29.9 Å². The average Bonchev–Trinajstić information content (AvgIpc) is 2.92. The number of hydrogen-bond donors (Lipinski definition) is 3. The maximum atomic E-state index is 12.2. The molecule has 25 heavy (non-hydrogen) atoms. The van der Waals surface area contributed by atoms with Gasteiger partial charge in [0.25, 0.3) is 0 Å². The molecule has 0 fully saturated rings. The van der Waals surface area contributed by atoms with Crippen LogP contribution in [0.25, 0.3) is 0 Å². The molecule has 1 atom stereocenters. The number of carbonyl (C=O) groups excluding carboxylic acids is 1. The number of aromatic nitrogens is 2. The van der Waals surface area contributed by atoms with Crippen LogP contribution in [-0.4, -0.2) is 26.9 Å². The highest BCUT2D eigenvalue weighted by atomic mass is 16.4. The van der Waals surface area contributed by atoms with Crippen molar-refractivity contribution in [1.82, 2.24) is 9.78 Å². The highest BCUT2D eigenvalue weighted by Gasteiger charge is 2.11. The lowest BCUT2D eigenvalue weighted by molar-refractivity contribution is -0.136. The molecular weight excluding hydrogens is 320 g/mol. The van der Waals surface area contributed by atoms with E-state index in [1.807, 2.05) is 23.7 Å². The van der Waals surface area contributed by atoms with Crippen LogP contribution < -0.4 is 10.6 Å². The molecule has 1 aromatic heterocycles. The maximum absolute atomic E-state index is 12.2. The van der Waals surface area contributed by atoms with E-state index in [9.17, 15) is 9.59 Å². The van der Waals surface area contributed by atoms with Crippen molar-refractivity contribution < 1.29 is 14.7 Å². The van der Waals surface area contributed by atoms with Gasteiger partial charge in [0.1, 0.15) is 0 Å². The summed E-state index contributed by atoms with van der Waals surface area (Å²) in [6, 6.07) is 8.86. The summed E-state index contributed by atoms with van der Waals surface area (Å²) in [5.74, 6) is -0.347. The van der Waals surface area contributed by atoms with Crippen LogP contribution in [0.3, 0.4) is 0 Å². The van der Waals surface area contributed by atoms with Crippen molar-refractivity contribution >= 4 is 23.5 Å². The first kappa shape index (κ1) is 18.5. The van der Waals surface area contributed by atoms with Gasteiger partial charge >= 0.3 is 12.0 Å². The Balaban J connectivity index is 1.98. The number of carboxylic acids is 1. The van der Waals surface area contributed by atoms with Gasteiger partial charge in [-0.2, -0.15) is 5.10 Å². The molecule has 1 unspecified atom stereocenters. The van der Waals surface area contributed by atoms with Gasteiger partial charge in [0.2, 0.25) is 0 Å². The highest BCUT2D eigenvalue weighted by molar-refractivity contribution is 5.99. The monoisotopic (exact) mass is 344 g/mol. The number of nitrogens with one attached hydrogen (secondary N) is 2. The molecule has 0 saturated carbocycles. The van der Waals surface area contributed by atoms with Gasteiger partial charge < -0.3 is 10.4 Å². The second-order valence-corrected chi connectivity index (χ2v) is 6.05. The van der Waals surface area contributed by atoms with Gasteiger partial charge in [0.05, 0.1) is 0 Å². The second kappa shape index (κ2) is 8.32. The summed E-state index contributed by atoms with van der Waals surface area (Å²) in [6.07, 6.45) is 1.43. The maximum Gasteiger partial charge on any atom is 0.324 e. The second-order valence-electron chi connectivity index (χ2n) is 6.05. The Morgan fingerprint density at radius 2 is 2.04 bits per heavy atom. The summed E-state index contributed by atoms with van der Waals surface area (Å²) in [5.41, 5.74) is 2.45. The molecule has 0 aliphatic heterocycles. The van der Waals surface area contributed by atoms with Crippen molar-refractivity contribution in [3.63, 3.8) is 0 Å². The van der Waals surface area contributed by atoms with Crippen molar-refractivity contribution in [2.75, 3.05) is 10.6 Å². The molecule has 7 heteroatoms. The molecule has 0 bridgehead atoms. The topological polar surface area (TPSA) is 96.3 Å². The third-order valence-electron chi connectivity index (χ3n) is 3.98. The van der Waals surface area contributed by atoms with E-state index in [2.05, 4.69) is 29.6 Å². The Hall–Kier alpha value is -2.83. The number of carbonyl (C=O) groups is 2. The molecule has 0 aliphatic rings. The first-order valence-corrected chi connectivity index (χ1v) is 8.34. The predicted molar refractivity (Wildman–Crippen MR) is 97.0 cm³/mol. The van der Waals surface area contributed by atoms with E-state index in [4.69, 9.17) is 5.11 Å². The minimum atomic E-state index is -0.844. The molecule has 7 nitrogen and oxygen atoms in total. The predicted octanol–water partition coefficient (Wildman–Crippen LogP) is 3.82. The SMILES string of the molecule is CCC(C)n1nc(NC(=O)Nc2cccc(CCC(=O)O)c2)cc1C. The third-order valence-corrected chi connectivity index (χ3v) is 3.98. The Morgan fingerprint density at radius 3 is 2.72 bits per heavy atom. The molecule has 0 aliphatic carbocycles. The molecular formula is C18H24N4O3. The number of aliphatic carboxylic acids is 1. The first-order valence-electron chi connectivity index (χ1n) is 8.34. The van der Waals surface area contributed by atoms with Crippen molar-refractivity contribution in [3.05, 3.63) is 41.6 Å². The van der Waals surface area contributed by atoms with Crippen LogP contribution in [-0.2, 0) is 11.2 Å². The summed E-state index contributed by atoms with van der Waals surface area (Å²) < 4.78 is 1.89. The van der Waals surface area contributed by atoms with Crippen LogP contribution in [0, 0.1) is 6.92 Å². The van der Waals surface area contributed by atoms with E-state index in [-0.39, 0.29) is 18.5 Å². The minimum absolute atomic E-state index is 0.0575. The van der Waals surface area contributed by atoms with E-state index in [1.165, 1.54) is 0 Å². The molecule has 3 N–H and O–H groups in total. The molecule has 2 rings (SSSR count). The smallest absolute Gasteiger partial charge is 0.324 e. The fourth-order valence-electron chi connectivity index (χ4n) is 2.50. The lowest BCUT2D eigenvalue weighted by atomic mass is 10.1. The first-order chi connectivity index (χ1) is 11.9. The summed E-state index contributed by atoms with van der Waals surface area (Å²) in [5, 5.41) is 18.6. The third kappa shape index (κ3) is 5.34. The molecule has 2 aromatic rings. The van der Waals surface area contributed by atoms with Crippen LogP contribution >= 0.6 is 0 Å². The molecule has 0 saturated heterocycles. The minimum Gasteiger partial charge on any atom is -0.481 e. The Kier molecular flexibility index (Phi) is 6.16. The molecule has 1 heterocycles. The number of carboxylic acid groups (broad SMARTS) is 1. The quantitative estimate of drug-likeness (QED) is 0.711. The van der Waals surface area contributed by atoms with E-state index in [1.54, 1.807) is 18.2 Å². The zero-order valence-corrected chi connectivity index (χ0v) is 14.7. The van der Waals surface area contributed by atoms with Crippen molar-refractivity contribution in [3.8, 4) is 0 Å². The molecule has 0 spiro atoms. The van der Waals surface area contributed by atoms with Crippen molar-refractivity contribution in [2.45, 2.75) is 46.1 Å². The lowest BCUT2D eigenvalue weighted by Crippen LogP contribution is -2.20. The largest absolute Gasteiger partial charge is 0.481 e. The number of hydrogen-bond acceptors (Lipinski definition) is 3. The van der Waals surface area contributed by atoms with Gasteiger partial charge in [-0.05, 0) is 44.4 Å².